The lowest BCUT2D eigenvalue weighted by Crippen LogP contribution is -2.31. The lowest BCUT2D eigenvalue weighted by molar-refractivity contribution is 0.225. The molecule has 3 heterocycles. The average Bonchev–Trinajstić information content (AvgIpc) is 3.09. The number of nitrogens with two attached hydrogens (primary N) is 1. The third-order valence-corrected chi connectivity index (χ3v) is 7.03. The Morgan fingerprint density at radius 2 is 1.85 bits per heavy atom. The van der Waals surface area contributed by atoms with Crippen LogP contribution < -0.4 is 10.5 Å². The first-order valence-corrected chi connectivity index (χ1v) is 11.8. The highest BCUT2D eigenvalue weighted by Gasteiger charge is 2.23. The molecule has 6 rings (SSSR count). The Morgan fingerprint density at radius 1 is 1.03 bits per heavy atom. The van der Waals surface area contributed by atoms with E-state index in [4.69, 9.17) is 15.5 Å². The number of aromatic nitrogens is 2. The molecule has 0 aliphatic carbocycles. The Bertz CT molecular complexity index is 1420. The van der Waals surface area contributed by atoms with Gasteiger partial charge in [0.25, 0.3) is 0 Å². The molecule has 0 atom stereocenters. The normalized spacial score (nSPS) is 17.9. The van der Waals surface area contributed by atoms with Crippen LogP contribution in [-0.4, -0.2) is 34.6 Å². The minimum Gasteiger partial charge on any atom is -0.488 e. The summed E-state index contributed by atoms with van der Waals surface area (Å²) in [6.45, 7) is 2.53. The van der Waals surface area contributed by atoms with Gasteiger partial charge in [-0.05, 0) is 85.6 Å². The molecule has 2 aliphatic rings. The highest BCUT2D eigenvalue weighted by atomic mass is 19.1. The first-order chi connectivity index (χ1) is 16.6. The average molecular weight is 455 g/mol. The predicted molar refractivity (Wildman–Crippen MR) is 134 cm³/mol. The number of nitrogens with zero attached hydrogens (tertiary/aromatic N) is 3. The van der Waals surface area contributed by atoms with Gasteiger partial charge in [-0.3, -0.25) is 0 Å². The van der Waals surface area contributed by atoms with Crippen LogP contribution in [0.1, 0.15) is 41.1 Å². The van der Waals surface area contributed by atoms with Crippen molar-refractivity contribution < 1.29 is 9.13 Å². The van der Waals surface area contributed by atoms with E-state index in [1.165, 1.54) is 12.1 Å². The van der Waals surface area contributed by atoms with Gasteiger partial charge in [0.1, 0.15) is 18.2 Å². The van der Waals surface area contributed by atoms with Crippen LogP contribution in [0, 0.1) is 5.82 Å². The van der Waals surface area contributed by atoms with Crippen LogP contribution in [0.2, 0.25) is 0 Å². The molecular formula is C28H27FN4O. The van der Waals surface area contributed by atoms with Crippen LogP contribution in [0.3, 0.4) is 0 Å². The number of piperidine rings is 1. The second-order valence-corrected chi connectivity index (χ2v) is 9.27. The monoisotopic (exact) mass is 454 g/mol. The van der Waals surface area contributed by atoms with Crippen molar-refractivity contribution >= 4 is 28.6 Å². The second-order valence-electron chi connectivity index (χ2n) is 9.27. The molecule has 1 fully saturated rings. The summed E-state index contributed by atoms with van der Waals surface area (Å²) < 4.78 is 22.1. The van der Waals surface area contributed by atoms with Crippen molar-refractivity contribution in [1.29, 1.82) is 0 Å². The molecule has 0 amide bonds. The van der Waals surface area contributed by atoms with Gasteiger partial charge in [0.2, 0.25) is 5.95 Å². The molecule has 0 saturated carbocycles. The third-order valence-electron chi connectivity index (χ3n) is 7.03. The molecule has 1 aromatic heterocycles. The number of rotatable bonds is 2. The van der Waals surface area contributed by atoms with Gasteiger partial charge in [-0.25, -0.2) is 9.37 Å². The van der Waals surface area contributed by atoms with Crippen molar-refractivity contribution in [3.8, 4) is 5.75 Å². The molecule has 1 saturated heterocycles. The van der Waals surface area contributed by atoms with Crippen molar-refractivity contribution in [2.45, 2.75) is 25.5 Å². The molecule has 0 unspecified atom stereocenters. The van der Waals surface area contributed by atoms with Crippen molar-refractivity contribution in [2.24, 2.45) is 0 Å². The SMILES string of the molecule is CN1CCC(n2c(N)nc3cc(/C=C4\c5ccccc5COc5cc(F)ccc54)ccc32)CC1. The van der Waals surface area contributed by atoms with E-state index in [1.54, 1.807) is 6.07 Å². The quantitative estimate of drug-likeness (QED) is 0.434. The molecule has 4 aromatic rings. The maximum Gasteiger partial charge on any atom is 0.201 e. The van der Waals surface area contributed by atoms with Crippen LogP contribution in [0.4, 0.5) is 10.3 Å². The molecule has 6 heteroatoms. The molecule has 3 aromatic carbocycles. The minimum absolute atomic E-state index is 0.305. The Balaban J connectivity index is 1.46. The van der Waals surface area contributed by atoms with Crippen LogP contribution in [0.5, 0.6) is 5.75 Å². The lowest BCUT2D eigenvalue weighted by Gasteiger charge is -2.30. The zero-order chi connectivity index (χ0) is 23.2. The van der Waals surface area contributed by atoms with E-state index < -0.39 is 0 Å². The van der Waals surface area contributed by atoms with E-state index in [0.29, 0.717) is 24.3 Å². The lowest BCUT2D eigenvalue weighted by atomic mass is 9.92. The van der Waals surface area contributed by atoms with Gasteiger partial charge in [0.15, 0.2) is 0 Å². The van der Waals surface area contributed by atoms with Crippen molar-refractivity contribution in [1.82, 2.24) is 14.5 Å². The highest BCUT2D eigenvalue weighted by molar-refractivity contribution is 5.96. The summed E-state index contributed by atoms with van der Waals surface area (Å²) in [5.74, 6) is 0.822. The number of hydrogen-bond donors (Lipinski definition) is 1. The molecule has 0 bridgehead atoms. The zero-order valence-electron chi connectivity index (χ0n) is 19.2. The van der Waals surface area contributed by atoms with Crippen LogP contribution in [-0.2, 0) is 6.61 Å². The zero-order valence-corrected chi connectivity index (χ0v) is 19.2. The summed E-state index contributed by atoms with van der Waals surface area (Å²) in [7, 11) is 2.16. The number of benzene rings is 3. The first kappa shape index (κ1) is 20.9. The van der Waals surface area contributed by atoms with E-state index in [2.05, 4.69) is 52.9 Å². The minimum atomic E-state index is -0.305. The Hall–Kier alpha value is -3.64. The van der Waals surface area contributed by atoms with Crippen LogP contribution in [0.15, 0.2) is 60.7 Å². The van der Waals surface area contributed by atoms with Crippen LogP contribution >= 0.6 is 0 Å². The number of likely N-dealkylation sites (tertiary alicyclic amines) is 1. The summed E-state index contributed by atoms with van der Waals surface area (Å²) in [5, 5.41) is 0. The van der Waals surface area contributed by atoms with Gasteiger partial charge >= 0.3 is 0 Å². The van der Waals surface area contributed by atoms with E-state index in [-0.39, 0.29) is 5.82 Å². The topological polar surface area (TPSA) is 56.3 Å². The molecule has 0 spiro atoms. The predicted octanol–water partition coefficient (Wildman–Crippen LogP) is 5.51. The third kappa shape index (κ3) is 3.64. The highest BCUT2D eigenvalue weighted by Crippen LogP contribution is 2.39. The number of hydrogen-bond acceptors (Lipinski definition) is 4. The number of nitrogen functional groups attached to an aromatic ring is 1. The number of anilines is 1. The van der Waals surface area contributed by atoms with Crippen molar-refractivity contribution in [3.05, 3.63) is 88.7 Å². The van der Waals surface area contributed by atoms with E-state index in [1.807, 2.05) is 12.1 Å². The number of halogens is 1. The molecular weight excluding hydrogens is 427 g/mol. The van der Waals surface area contributed by atoms with Gasteiger partial charge in [-0.1, -0.05) is 30.3 Å². The summed E-state index contributed by atoms with van der Waals surface area (Å²) in [6, 6.07) is 19.6. The molecule has 0 radical (unpaired) electrons. The maximum atomic E-state index is 14.0. The molecule has 2 aliphatic heterocycles. The fourth-order valence-corrected chi connectivity index (χ4v) is 5.23. The number of ether oxygens (including phenoxy) is 1. The second kappa shape index (κ2) is 8.29. The number of imidazole rings is 1. The molecule has 5 nitrogen and oxygen atoms in total. The Morgan fingerprint density at radius 3 is 2.71 bits per heavy atom. The van der Waals surface area contributed by atoms with Crippen molar-refractivity contribution in [3.63, 3.8) is 0 Å². The van der Waals surface area contributed by atoms with Crippen molar-refractivity contribution in [2.75, 3.05) is 25.9 Å². The Labute approximate surface area is 198 Å². The standard InChI is InChI=1S/C28H27FN4O/c1-32-12-10-21(11-13-32)33-26-9-6-18(15-25(26)31-28(33)30)14-24-22-5-3-2-4-19(22)17-34-27-16-20(29)7-8-23(24)27/h2-9,14-16,21H,10-13,17H2,1H3,(H2,30,31)/b24-14+. The van der Waals surface area contributed by atoms with E-state index in [9.17, 15) is 4.39 Å². The van der Waals surface area contributed by atoms with Gasteiger partial charge in [-0.2, -0.15) is 0 Å². The smallest absolute Gasteiger partial charge is 0.201 e. The Kier molecular flexibility index (Phi) is 5.11. The molecule has 34 heavy (non-hydrogen) atoms. The summed E-state index contributed by atoms with van der Waals surface area (Å²) in [6.07, 6.45) is 4.28. The first-order valence-electron chi connectivity index (χ1n) is 11.8. The maximum absolute atomic E-state index is 14.0. The summed E-state index contributed by atoms with van der Waals surface area (Å²) in [4.78, 5) is 7.06. The van der Waals surface area contributed by atoms with E-state index in [0.717, 1.165) is 64.8 Å². The fraction of sp³-hybridized carbons (Fsp3) is 0.250. The van der Waals surface area contributed by atoms with E-state index >= 15 is 0 Å². The fourth-order valence-electron chi connectivity index (χ4n) is 5.23. The van der Waals surface area contributed by atoms with Gasteiger partial charge in [0.05, 0.1) is 11.0 Å². The van der Waals surface area contributed by atoms with Crippen LogP contribution in [0.25, 0.3) is 22.7 Å². The molecule has 2 N–H and O–H groups in total. The summed E-state index contributed by atoms with van der Waals surface area (Å²) in [5.41, 5.74) is 13.4. The van der Waals surface area contributed by atoms with Gasteiger partial charge in [0, 0.05) is 17.7 Å². The number of fused-ring (bicyclic) bond motifs is 3. The largest absolute Gasteiger partial charge is 0.488 e. The van der Waals surface area contributed by atoms with Gasteiger partial charge in [-0.15, -0.1) is 0 Å². The molecule has 172 valence electrons. The van der Waals surface area contributed by atoms with Gasteiger partial charge < -0.3 is 19.9 Å². The summed E-state index contributed by atoms with van der Waals surface area (Å²) >= 11 is 0.